The Balaban J connectivity index is 2.69. The summed E-state index contributed by atoms with van der Waals surface area (Å²) in [5.41, 5.74) is 1.43. The topological polar surface area (TPSA) is 81.2 Å². The van der Waals surface area contributed by atoms with Crippen LogP contribution in [-0.2, 0) is 12.5 Å². The van der Waals surface area contributed by atoms with Crippen molar-refractivity contribution in [3.05, 3.63) is 23.2 Å². The molecule has 2 heterocycles. The molecule has 0 saturated carbocycles. The lowest BCUT2D eigenvalue weighted by Gasteiger charge is -2.14. The molecule has 0 amide bonds. The maximum atomic E-state index is 11.5. The Kier molecular flexibility index (Phi) is 2.96. The van der Waals surface area contributed by atoms with Crippen molar-refractivity contribution in [3.8, 4) is 11.3 Å². The van der Waals surface area contributed by atoms with Gasteiger partial charge in [-0.3, -0.25) is 4.68 Å². The zero-order valence-electron chi connectivity index (χ0n) is 11.7. The minimum absolute atomic E-state index is 0.114. The van der Waals surface area contributed by atoms with Crippen LogP contribution in [-0.4, -0.2) is 26.0 Å². The van der Waals surface area contributed by atoms with Gasteiger partial charge in [-0.2, -0.15) is 5.10 Å². The molecule has 6 nitrogen and oxygen atoms in total. The van der Waals surface area contributed by atoms with Crippen LogP contribution >= 0.6 is 0 Å². The molecule has 0 saturated heterocycles. The molecule has 0 aliphatic carbocycles. The second-order valence-corrected chi connectivity index (χ2v) is 5.59. The summed E-state index contributed by atoms with van der Waals surface area (Å²) < 4.78 is 6.90. The lowest BCUT2D eigenvalue weighted by Crippen LogP contribution is -2.15. The molecule has 2 aromatic rings. The molecule has 0 unspecified atom stereocenters. The van der Waals surface area contributed by atoms with Gasteiger partial charge in [-0.05, 0) is 6.92 Å². The van der Waals surface area contributed by atoms with Gasteiger partial charge in [0.2, 0.25) is 0 Å². The number of aromatic nitrogens is 3. The number of carboxylic acid groups (broad SMARTS) is 1. The second kappa shape index (κ2) is 4.22. The van der Waals surface area contributed by atoms with Gasteiger partial charge in [0.15, 0.2) is 5.76 Å². The van der Waals surface area contributed by atoms with Gasteiger partial charge in [0.25, 0.3) is 0 Å². The molecule has 0 spiro atoms. The summed E-state index contributed by atoms with van der Waals surface area (Å²) in [5, 5.41) is 17.6. The highest BCUT2D eigenvalue weighted by atomic mass is 16.5. The first-order valence-electron chi connectivity index (χ1n) is 5.96. The van der Waals surface area contributed by atoms with Gasteiger partial charge in [0.05, 0.1) is 5.69 Å². The van der Waals surface area contributed by atoms with Crippen molar-refractivity contribution in [2.24, 2.45) is 7.05 Å². The summed E-state index contributed by atoms with van der Waals surface area (Å²) in [6.45, 7) is 7.48. The largest absolute Gasteiger partial charge is 0.477 e. The minimum atomic E-state index is -1.04. The van der Waals surface area contributed by atoms with E-state index >= 15 is 0 Å². The average Bonchev–Trinajstić information content (AvgIpc) is 2.80. The van der Waals surface area contributed by atoms with Crippen molar-refractivity contribution in [2.45, 2.75) is 33.1 Å². The summed E-state index contributed by atoms with van der Waals surface area (Å²) in [4.78, 5) is 11.5. The highest BCUT2D eigenvalue weighted by Crippen LogP contribution is 2.33. The van der Waals surface area contributed by atoms with E-state index in [-0.39, 0.29) is 5.56 Å². The number of nitrogens with zero attached hydrogens (tertiary/aromatic N) is 3. The van der Waals surface area contributed by atoms with Crippen LogP contribution in [0.25, 0.3) is 11.3 Å². The molecule has 102 valence electrons. The van der Waals surface area contributed by atoms with E-state index in [1.807, 2.05) is 27.7 Å². The first-order valence-corrected chi connectivity index (χ1v) is 5.96. The Labute approximate surface area is 111 Å². The Morgan fingerprint density at radius 3 is 2.47 bits per heavy atom. The number of hydrogen-bond donors (Lipinski definition) is 1. The molecular formula is C13H17N3O3. The first kappa shape index (κ1) is 13.3. The van der Waals surface area contributed by atoms with Crippen molar-refractivity contribution < 1.29 is 14.4 Å². The van der Waals surface area contributed by atoms with Crippen LogP contribution < -0.4 is 0 Å². The summed E-state index contributed by atoms with van der Waals surface area (Å²) in [5.74, 6) is -0.664. The van der Waals surface area contributed by atoms with E-state index in [0.29, 0.717) is 17.0 Å². The molecule has 1 N–H and O–H groups in total. The van der Waals surface area contributed by atoms with Crippen LogP contribution in [0.5, 0.6) is 0 Å². The van der Waals surface area contributed by atoms with E-state index in [1.165, 1.54) is 0 Å². The van der Waals surface area contributed by atoms with E-state index in [0.717, 1.165) is 5.69 Å². The normalized spacial score (nSPS) is 11.8. The van der Waals surface area contributed by atoms with E-state index in [4.69, 9.17) is 4.52 Å². The summed E-state index contributed by atoms with van der Waals surface area (Å²) in [6, 6.07) is 0. The van der Waals surface area contributed by atoms with Gasteiger partial charge in [-0.15, -0.1) is 0 Å². The fourth-order valence-corrected chi connectivity index (χ4v) is 2.02. The van der Waals surface area contributed by atoms with Crippen molar-refractivity contribution in [1.29, 1.82) is 0 Å². The first-order chi connectivity index (χ1) is 8.71. The molecule has 2 aromatic heterocycles. The van der Waals surface area contributed by atoms with Crippen molar-refractivity contribution in [1.82, 2.24) is 14.9 Å². The van der Waals surface area contributed by atoms with Crippen LogP contribution in [0.4, 0.5) is 0 Å². The molecule has 0 aliphatic heterocycles. The third kappa shape index (κ3) is 2.25. The fraction of sp³-hybridized carbons (Fsp3) is 0.462. The summed E-state index contributed by atoms with van der Waals surface area (Å²) in [7, 11) is 1.78. The smallest absolute Gasteiger partial charge is 0.341 e. The van der Waals surface area contributed by atoms with Gasteiger partial charge < -0.3 is 9.63 Å². The maximum Gasteiger partial charge on any atom is 0.341 e. The van der Waals surface area contributed by atoms with Gasteiger partial charge in [-0.1, -0.05) is 25.9 Å². The molecule has 19 heavy (non-hydrogen) atoms. The fourth-order valence-electron chi connectivity index (χ4n) is 2.02. The highest BCUT2D eigenvalue weighted by molar-refractivity contribution is 5.96. The average molecular weight is 263 g/mol. The lowest BCUT2D eigenvalue weighted by atomic mass is 9.89. The van der Waals surface area contributed by atoms with Gasteiger partial charge >= 0.3 is 5.97 Å². The molecule has 2 rings (SSSR count). The van der Waals surface area contributed by atoms with Crippen LogP contribution in [0.3, 0.4) is 0 Å². The molecule has 0 aromatic carbocycles. The zero-order valence-corrected chi connectivity index (χ0v) is 11.7. The Bertz CT molecular complexity index is 632. The van der Waals surface area contributed by atoms with E-state index in [1.54, 1.807) is 17.9 Å². The van der Waals surface area contributed by atoms with Crippen molar-refractivity contribution >= 4 is 5.97 Å². The predicted octanol–water partition coefficient (Wildman–Crippen LogP) is 2.38. The summed E-state index contributed by atoms with van der Waals surface area (Å²) in [6.07, 6.45) is 1.74. The number of carbonyl (C=O) groups is 1. The van der Waals surface area contributed by atoms with Crippen molar-refractivity contribution in [3.63, 3.8) is 0 Å². The highest BCUT2D eigenvalue weighted by Gasteiger charge is 2.32. The molecule has 0 aliphatic rings. The summed E-state index contributed by atoms with van der Waals surface area (Å²) >= 11 is 0. The Morgan fingerprint density at radius 1 is 1.42 bits per heavy atom. The van der Waals surface area contributed by atoms with Crippen LogP contribution in [0.15, 0.2) is 10.7 Å². The minimum Gasteiger partial charge on any atom is -0.477 e. The van der Waals surface area contributed by atoms with Crippen LogP contribution in [0.1, 0.15) is 42.6 Å². The third-order valence-corrected chi connectivity index (χ3v) is 2.86. The van der Waals surface area contributed by atoms with Crippen LogP contribution in [0.2, 0.25) is 0 Å². The Morgan fingerprint density at radius 2 is 2.05 bits per heavy atom. The number of aryl methyl sites for hydroxylation is 2. The molecule has 0 atom stereocenters. The SMILES string of the molecule is Cc1nn(C)cc1-c1noc(C(C)(C)C)c1C(=O)O. The standard InChI is InChI=1S/C13H17N3O3/c1-7-8(6-16(5)14-7)10-9(12(17)18)11(19-15-10)13(2,3)4/h6H,1-5H3,(H,17,18). The number of hydrogen-bond acceptors (Lipinski definition) is 4. The monoisotopic (exact) mass is 263 g/mol. The van der Waals surface area contributed by atoms with E-state index in [9.17, 15) is 9.90 Å². The lowest BCUT2D eigenvalue weighted by molar-refractivity contribution is 0.0693. The molecular weight excluding hydrogens is 246 g/mol. The van der Waals surface area contributed by atoms with Crippen molar-refractivity contribution in [2.75, 3.05) is 0 Å². The quantitative estimate of drug-likeness (QED) is 0.899. The van der Waals surface area contributed by atoms with Gasteiger partial charge in [0.1, 0.15) is 11.3 Å². The molecule has 6 heteroatoms. The third-order valence-electron chi connectivity index (χ3n) is 2.86. The van der Waals surface area contributed by atoms with E-state index < -0.39 is 11.4 Å². The maximum absolute atomic E-state index is 11.5. The second-order valence-electron chi connectivity index (χ2n) is 5.59. The zero-order chi connectivity index (χ0) is 14.4. The number of aromatic carboxylic acids is 1. The van der Waals surface area contributed by atoms with Gasteiger partial charge in [-0.25, -0.2) is 4.79 Å². The number of rotatable bonds is 2. The molecule has 0 fully saturated rings. The molecule has 0 bridgehead atoms. The van der Waals surface area contributed by atoms with Crippen LogP contribution in [0, 0.1) is 6.92 Å². The molecule has 0 radical (unpaired) electrons. The van der Waals surface area contributed by atoms with Gasteiger partial charge in [0, 0.05) is 24.2 Å². The van der Waals surface area contributed by atoms with E-state index in [2.05, 4.69) is 10.3 Å². The predicted molar refractivity (Wildman–Crippen MR) is 69.1 cm³/mol. The Hall–Kier alpha value is -2.11. The number of carboxylic acids is 1.